The molecule has 0 bridgehead atoms. The zero-order chi connectivity index (χ0) is 16.7. The van der Waals surface area contributed by atoms with Crippen LogP contribution in [0.2, 0.25) is 0 Å². The molecule has 3 rings (SSSR count). The van der Waals surface area contributed by atoms with Gasteiger partial charge in [-0.3, -0.25) is 0 Å². The number of hydrogen-bond donors (Lipinski definition) is 0. The van der Waals surface area contributed by atoms with Crippen LogP contribution in [0.4, 0.5) is 0 Å². The van der Waals surface area contributed by atoms with Crippen LogP contribution in [0.1, 0.15) is 49.3 Å². The first-order chi connectivity index (χ1) is 10.9. The molecule has 0 spiro atoms. The standard InChI is InChI=1S/C16H19N3O4/c1-8(2)19-14-11(7-17-19)6-12(10(4)18-14)15(20)23-13-5-9(3)22-16(13)21/h6-9,13H,5H2,1-4H3/t9-,13+/m1/s1. The van der Waals surface area contributed by atoms with Gasteiger partial charge in [-0.2, -0.15) is 5.10 Å². The predicted octanol–water partition coefficient (Wildman–Crippen LogP) is 2.18. The quantitative estimate of drug-likeness (QED) is 0.807. The number of hydrogen-bond acceptors (Lipinski definition) is 6. The molecule has 2 aromatic heterocycles. The summed E-state index contributed by atoms with van der Waals surface area (Å²) in [5, 5.41) is 5.05. The summed E-state index contributed by atoms with van der Waals surface area (Å²) in [5.41, 5.74) is 1.61. The normalized spacial score (nSPS) is 21.0. The van der Waals surface area contributed by atoms with E-state index in [1.165, 1.54) is 0 Å². The second-order valence-electron chi connectivity index (χ2n) is 6.09. The minimum Gasteiger partial charge on any atom is -0.460 e. The molecule has 0 aliphatic carbocycles. The van der Waals surface area contributed by atoms with Gasteiger partial charge in [0.15, 0.2) is 5.65 Å². The number of ether oxygens (including phenoxy) is 2. The van der Waals surface area contributed by atoms with Crippen molar-refractivity contribution in [3.63, 3.8) is 0 Å². The summed E-state index contributed by atoms with van der Waals surface area (Å²) >= 11 is 0. The van der Waals surface area contributed by atoms with Crippen LogP contribution in [-0.2, 0) is 14.3 Å². The van der Waals surface area contributed by atoms with E-state index in [2.05, 4.69) is 10.1 Å². The van der Waals surface area contributed by atoms with Crippen molar-refractivity contribution in [2.45, 2.75) is 52.4 Å². The van der Waals surface area contributed by atoms with E-state index < -0.39 is 18.0 Å². The number of aromatic nitrogens is 3. The van der Waals surface area contributed by atoms with Crippen molar-refractivity contribution in [2.24, 2.45) is 0 Å². The predicted molar refractivity (Wildman–Crippen MR) is 82.0 cm³/mol. The molecule has 2 atom stereocenters. The third-order valence-electron chi connectivity index (χ3n) is 3.84. The highest BCUT2D eigenvalue weighted by Gasteiger charge is 2.35. The molecule has 0 amide bonds. The first-order valence-electron chi connectivity index (χ1n) is 7.63. The fourth-order valence-corrected chi connectivity index (χ4v) is 2.66. The Morgan fingerprint density at radius 2 is 2.22 bits per heavy atom. The number of fused-ring (bicyclic) bond motifs is 1. The van der Waals surface area contributed by atoms with Gasteiger partial charge in [0, 0.05) is 17.8 Å². The van der Waals surface area contributed by atoms with Gasteiger partial charge in [-0.25, -0.2) is 19.3 Å². The van der Waals surface area contributed by atoms with E-state index in [0.717, 1.165) is 11.0 Å². The first kappa shape index (κ1) is 15.5. The lowest BCUT2D eigenvalue weighted by Gasteiger charge is -2.11. The van der Waals surface area contributed by atoms with E-state index in [4.69, 9.17) is 9.47 Å². The Hall–Kier alpha value is -2.44. The van der Waals surface area contributed by atoms with E-state index in [9.17, 15) is 9.59 Å². The van der Waals surface area contributed by atoms with Crippen molar-refractivity contribution in [1.29, 1.82) is 0 Å². The van der Waals surface area contributed by atoms with Gasteiger partial charge in [-0.1, -0.05) is 0 Å². The van der Waals surface area contributed by atoms with Crippen molar-refractivity contribution in [3.8, 4) is 0 Å². The lowest BCUT2D eigenvalue weighted by molar-refractivity contribution is -0.147. The minimum absolute atomic E-state index is 0.173. The van der Waals surface area contributed by atoms with Crippen LogP contribution in [0, 0.1) is 6.92 Å². The number of carbonyl (C=O) groups is 2. The van der Waals surface area contributed by atoms with Crippen LogP contribution in [0.5, 0.6) is 0 Å². The van der Waals surface area contributed by atoms with Crippen molar-refractivity contribution in [3.05, 3.63) is 23.5 Å². The molecule has 0 unspecified atom stereocenters. The molecule has 3 heterocycles. The van der Waals surface area contributed by atoms with Crippen LogP contribution < -0.4 is 0 Å². The summed E-state index contributed by atoms with van der Waals surface area (Å²) in [7, 11) is 0. The lowest BCUT2D eigenvalue weighted by atomic mass is 10.1. The first-order valence-corrected chi connectivity index (χ1v) is 7.63. The van der Waals surface area contributed by atoms with Crippen molar-refractivity contribution < 1.29 is 19.1 Å². The molecule has 1 aliphatic heterocycles. The van der Waals surface area contributed by atoms with Gasteiger partial charge in [0.05, 0.1) is 17.5 Å². The van der Waals surface area contributed by atoms with Crippen LogP contribution >= 0.6 is 0 Å². The van der Waals surface area contributed by atoms with Gasteiger partial charge in [0.25, 0.3) is 0 Å². The maximum Gasteiger partial charge on any atom is 0.347 e. The van der Waals surface area contributed by atoms with Gasteiger partial charge < -0.3 is 9.47 Å². The number of aryl methyl sites for hydroxylation is 1. The van der Waals surface area contributed by atoms with E-state index in [0.29, 0.717) is 17.7 Å². The largest absolute Gasteiger partial charge is 0.460 e. The van der Waals surface area contributed by atoms with Crippen LogP contribution in [-0.4, -0.2) is 38.9 Å². The van der Waals surface area contributed by atoms with Gasteiger partial charge in [-0.15, -0.1) is 0 Å². The molecular formula is C16H19N3O4. The number of cyclic esters (lactones) is 1. The number of rotatable bonds is 3. The topological polar surface area (TPSA) is 83.3 Å². The van der Waals surface area contributed by atoms with Gasteiger partial charge in [-0.05, 0) is 33.8 Å². The van der Waals surface area contributed by atoms with E-state index >= 15 is 0 Å². The zero-order valence-corrected chi connectivity index (χ0v) is 13.6. The maximum atomic E-state index is 12.4. The van der Waals surface area contributed by atoms with Crippen molar-refractivity contribution >= 4 is 23.0 Å². The zero-order valence-electron chi connectivity index (χ0n) is 13.6. The average molecular weight is 317 g/mol. The molecule has 1 saturated heterocycles. The number of carbonyl (C=O) groups excluding carboxylic acids is 2. The maximum absolute atomic E-state index is 12.4. The monoisotopic (exact) mass is 317 g/mol. The summed E-state index contributed by atoms with van der Waals surface area (Å²) in [4.78, 5) is 28.4. The van der Waals surface area contributed by atoms with Gasteiger partial charge in [0.2, 0.25) is 6.10 Å². The molecule has 0 N–H and O–H groups in total. The van der Waals surface area contributed by atoms with E-state index in [-0.39, 0.29) is 12.1 Å². The fraction of sp³-hybridized carbons (Fsp3) is 0.500. The molecule has 7 nitrogen and oxygen atoms in total. The van der Waals surface area contributed by atoms with Crippen molar-refractivity contribution in [1.82, 2.24) is 14.8 Å². The number of pyridine rings is 1. The Morgan fingerprint density at radius 3 is 2.83 bits per heavy atom. The SMILES string of the molecule is Cc1nc2c(cnn2C(C)C)cc1C(=O)O[C@H]1C[C@@H](C)OC1=O. The Bertz CT molecular complexity index is 781. The minimum atomic E-state index is -0.842. The molecule has 0 radical (unpaired) electrons. The van der Waals surface area contributed by atoms with Gasteiger partial charge >= 0.3 is 11.9 Å². The second-order valence-corrected chi connectivity index (χ2v) is 6.09. The summed E-state index contributed by atoms with van der Waals surface area (Å²) in [6, 6.07) is 1.88. The molecule has 1 fully saturated rings. The Balaban J connectivity index is 1.89. The highest BCUT2D eigenvalue weighted by molar-refractivity contribution is 5.96. The molecule has 0 saturated carbocycles. The Labute approximate surface area is 133 Å². The third-order valence-corrected chi connectivity index (χ3v) is 3.84. The van der Waals surface area contributed by atoms with E-state index in [1.54, 1.807) is 30.8 Å². The molecule has 2 aromatic rings. The third kappa shape index (κ3) is 2.78. The average Bonchev–Trinajstić information content (AvgIpc) is 3.01. The second kappa shape index (κ2) is 5.64. The van der Waals surface area contributed by atoms with E-state index in [1.807, 2.05) is 13.8 Å². The molecule has 1 aliphatic rings. The summed E-state index contributed by atoms with van der Waals surface area (Å²) < 4.78 is 12.1. The van der Waals surface area contributed by atoms with Crippen LogP contribution in [0.25, 0.3) is 11.0 Å². The highest BCUT2D eigenvalue weighted by atomic mass is 16.6. The van der Waals surface area contributed by atoms with Gasteiger partial charge in [0.1, 0.15) is 6.10 Å². The summed E-state index contributed by atoms with van der Waals surface area (Å²) in [5.74, 6) is -1.06. The lowest BCUT2D eigenvalue weighted by Crippen LogP contribution is -2.23. The van der Waals surface area contributed by atoms with Crippen molar-refractivity contribution in [2.75, 3.05) is 0 Å². The Kier molecular flexibility index (Phi) is 3.79. The summed E-state index contributed by atoms with van der Waals surface area (Å²) in [6.07, 6.45) is 0.979. The molecule has 122 valence electrons. The molecular weight excluding hydrogens is 298 g/mol. The number of esters is 2. The van der Waals surface area contributed by atoms with Crippen LogP contribution in [0.3, 0.4) is 0 Å². The summed E-state index contributed by atoms with van der Waals surface area (Å²) in [6.45, 7) is 7.53. The smallest absolute Gasteiger partial charge is 0.347 e. The molecule has 7 heteroatoms. The van der Waals surface area contributed by atoms with Crippen LogP contribution in [0.15, 0.2) is 12.3 Å². The number of nitrogens with zero attached hydrogens (tertiary/aromatic N) is 3. The fourth-order valence-electron chi connectivity index (χ4n) is 2.66. The highest BCUT2D eigenvalue weighted by Crippen LogP contribution is 2.22. The Morgan fingerprint density at radius 1 is 1.48 bits per heavy atom. The molecule has 0 aromatic carbocycles. The molecule has 23 heavy (non-hydrogen) atoms.